The van der Waals surface area contributed by atoms with Crippen molar-refractivity contribution in [3.63, 3.8) is 0 Å². The van der Waals surface area contributed by atoms with E-state index in [1.807, 2.05) is 0 Å². The molecule has 0 aliphatic carbocycles. The van der Waals surface area contributed by atoms with Crippen molar-refractivity contribution in [2.45, 2.75) is 0 Å². The van der Waals surface area contributed by atoms with E-state index in [0.29, 0.717) is 0 Å². The molecule has 0 aliphatic heterocycles. The van der Waals surface area contributed by atoms with Crippen LogP contribution in [0.1, 0.15) is 0 Å². The number of nitro benzene ring substituents is 1. The first-order valence-corrected chi connectivity index (χ1v) is 8.18. The molecule has 10 heteroatoms. The van der Waals surface area contributed by atoms with Crippen molar-refractivity contribution in [1.82, 2.24) is 0 Å². The van der Waals surface area contributed by atoms with Crippen molar-refractivity contribution in [3.05, 3.63) is 28.3 Å². The third kappa shape index (κ3) is 4.09. The zero-order chi connectivity index (χ0) is 14.6. The summed E-state index contributed by atoms with van der Waals surface area (Å²) in [4.78, 5) is 20.8. The molecular formula is C9H10AsNO8. The van der Waals surface area contributed by atoms with Gasteiger partial charge >= 0.3 is 109 Å². The molecule has 0 unspecified atom stereocenters. The molecule has 0 radical (unpaired) electrons. The van der Waals surface area contributed by atoms with Crippen LogP contribution in [0.2, 0.25) is 0 Å². The molecule has 0 heterocycles. The molecule has 0 aromatic heterocycles. The number of carbonyl (C=O) groups is 1. The number of ether oxygens (including phenoxy) is 2. The molecule has 1 aromatic carbocycles. The van der Waals surface area contributed by atoms with E-state index in [0.717, 1.165) is 25.3 Å². The molecule has 0 saturated heterocycles. The molecule has 0 aliphatic rings. The van der Waals surface area contributed by atoms with Crippen LogP contribution in [0, 0.1) is 10.1 Å². The van der Waals surface area contributed by atoms with Gasteiger partial charge in [-0.3, -0.25) is 0 Å². The van der Waals surface area contributed by atoms with Crippen molar-refractivity contribution in [2.24, 2.45) is 0 Å². The second-order valence-electron chi connectivity index (χ2n) is 3.32. The van der Waals surface area contributed by atoms with E-state index in [9.17, 15) is 18.6 Å². The van der Waals surface area contributed by atoms with Gasteiger partial charge in [0.2, 0.25) is 0 Å². The molecule has 0 atom stereocenters. The zero-order valence-electron chi connectivity index (χ0n) is 9.68. The summed E-state index contributed by atoms with van der Waals surface area (Å²) in [7, 11) is 1.12. The Balaban J connectivity index is 3.09. The van der Waals surface area contributed by atoms with Crippen molar-refractivity contribution in [2.75, 3.05) is 13.7 Å². The van der Waals surface area contributed by atoms with Gasteiger partial charge in [0.25, 0.3) is 0 Å². The third-order valence-electron chi connectivity index (χ3n) is 2.05. The monoisotopic (exact) mass is 335 g/mol. The zero-order valence-corrected chi connectivity index (χ0v) is 11.6. The summed E-state index contributed by atoms with van der Waals surface area (Å²) in [6, 6.07) is 2.77. The summed E-state index contributed by atoms with van der Waals surface area (Å²) >= 11 is -5.23. The standard InChI is InChI=1S/C9H10AsNO8/c1-18-9(12)5-19-8-3-2-6(10(13,14)15)4-7(8)11(16)17/h2-4H,5H2,1H3,(H2,13,14,15). The van der Waals surface area contributed by atoms with Crippen LogP contribution in [-0.2, 0) is 13.3 Å². The average molecular weight is 335 g/mol. The molecule has 2 N–H and O–H groups in total. The molecule has 1 aromatic rings. The van der Waals surface area contributed by atoms with Gasteiger partial charge in [0.05, 0.1) is 0 Å². The van der Waals surface area contributed by atoms with Crippen LogP contribution >= 0.6 is 0 Å². The molecule has 0 amide bonds. The summed E-state index contributed by atoms with van der Waals surface area (Å²) < 4.78 is 37.7. The van der Waals surface area contributed by atoms with E-state index in [2.05, 4.69) is 4.74 Å². The number of hydrogen-bond donors (Lipinski definition) is 2. The molecule has 0 saturated carbocycles. The Morgan fingerprint density at radius 1 is 1.47 bits per heavy atom. The molecule has 0 bridgehead atoms. The van der Waals surface area contributed by atoms with E-state index in [1.54, 1.807) is 0 Å². The van der Waals surface area contributed by atoms with E-state index in [1.165, 1.54) is 0 Å². The Hall–Kier alpha value is -1.83. The number of rotatable bonds is 5. The number of carbonyl (C=O) groups excluding carboxylic acids is 1. The Morgan fingerprint density at radius 2 is 2.11 bits per heavy atom. The Morgan fingerprint density at radius 3 is 2.58 bits per heavy atom. The minimum absolute atomic E-state index is 0.275. The van der Waals surface area contributed by atoms with Gasteiger partial charge in [0.1, 0.15) is 0 Å². The fourth-order valence-corrected chi connectivity index (χ4v) is 2.32. The van der Waals surface area contributed by atoms with Gasteiger partial charge in [0.15, 0.2) is 0 Å². The van der Waals surface area contributed by atoms with Crippen LogP contribution in [0.4, 0.5) is 5.69 Å². The van der Waals surface area contributed by atoms with Gasteiger partial charge in [-0.2, -0.15) is 0 Å². The number of hydrogen-bond acceptors (Lipinski definition) is 6. The van der Waals surface area contributed by atoms with Gasteiger partial charge in [-0.25, -0.2) is 0 Å². The quantitative estimate of drug-likeness (QED) is 0.293. The van der Waals surface area contributed by atoms with Gasteiger partial charge < -0.3 is 0 Å². The maximum atomic E-state index is 11.0. The van der Waals surface area contributed by atoms with Crippen LogP contribution in [0.3, 0.4) is 0 Å². The van der Waals surface area contributed by atoms with Crippen molar-refractivity contribution >= 4 is 30.2 Å². The first-order chi connectivity index (χ1) is 8.75. The summed E-state index contributed by atoms with van der Waals surface area (Å²) in [5, 5.41) is 10.8. The predicted octanol–water partition coefficient (Wildman–Crippen LogP) is -1.29. The Kier molecular flexibility index (Phi) is 4.71. The first kappa shape index (κ1) is 15.2. The van der Waals surface area contributed by atoms with Crippen molar-refractivity contribution in [1.29, 1.82) is 0 Å². The van der Waals surface area contributed by atoms with Crippen molar-refractivity contribution in [3.8, 4) is 5.75 Å². The summed E-state index contributed by atoms with van der Waals surface area (Å²) in [5.41, 5.74) is -0.633. The molecule has 19 heavy (non-hydrogen) atoms. The normalized spacial score (nSPS) is 10.9. The van der Waals surface area contributed by atoms with E-state index in [-0.39, 0.29) is 5.75 Å². The summed E-state index contributed by atoms with van der Waals surface area (Å²) in [5.74, 6) is -1.01. The molecule has 104 valence electrons. The van der Waals surface area contributed by atoms with Gasteiger partial charge in [0, 0.05) is 0 Å². The SMILES string of the molecule is COC(=O)COc1ccc([As](=O)(O)O)cc1[N+](=O)[O-]. The van der Waals surface area contributed by atoms with Gasteiger partial charge in [-0.15, -0.1) is 0 Å². The van der Waals surface area contributed by atoms with Crippen LogP contribution in [0.5, 0.6) is 5.75 Å². The van der Waals surface area contributed by atoms with Crippen LogP contribution in [0.25, 0.3) is 0 Å². The fraction of sp³-hybridized carbons (Fsp3) is 0.222. The number of esters is 1. The van der Waals surface area contributed by atoms with E-state index < -0.39 is 41.7 Å². The Labute approximate surface area is 109 Å². The van der Waals surface area contributed by atoms with Crippen molar-refractivity contribution < 1.29 is 31.1 Å². The van der Waals surface area contributed by atoms with Gasteiger partial charge in [-0.1, -0.05) is 0 Å². The predicted molar refractivity (Wildman–Crippen MR) is 61.1 cm³/mol. The number of nitro groups is 1. The van der Waals surface area contributed by atoms with E-state index in [4.69, 9.17) is 12.9 Å². The maximum absolute atomic E-state index is 11.0. The van der Waals surface area contributed by atoms with Gasteiger partial charge in [-0.05, 0) is 0 Å². The fourth-order valence-electron chi connectivity index (χ4n) is 1.15. The second-order valence-corrected chi connectivity index (χ2v) is 6.68. The average Bonchev–Trinajstić information content (AvgIpc) is 2.34. The molecule has 0 spiro atoms. The molecular weight excluding hydrogens is 325 g/mol. The molecule has 1 rings (SSSR count). The van der Waals surface area contributed by atoms with Crippen LogP contribution < -0.4 is 9.09 Å². The minimum atomic E-state index is -5.23. The topological polar surface area (TPSA) is 136 Å². The number of benzene rings is 1. The first-order valence-electron chi connectivity index (χ1n) is 4.80. The molecule has 9 nitrogen and oxygen atoms in total. The summed E-state index contributed by atoms with van der Waals surface area (Å²) in [6.45, 7) is -0.544. The second kappa shape index (κ2) is 5.87. The number of nitrogens with zero attached hydrogens (tertiary/aromatic N) is 1. The van der Waals surface area contributed by atoms with E-state index >= 15 is 0 Å². The van der Waals surface area contributed by atoms with Crippen LogP contribution in [0.15, 0.2) is 18.2 Å². The Bertz CT molecular complexity index is 551. The number of methoxy groups -OCH3 is 1. The molecule has 0 fully saturated rings. The third-order valence-corrected chi connectivity index (χ3v) is 4.04. The summed E-state index contributed by atoms with van der Waals surface area (Å²) in [6.07, 6.45) is 0. The van der Waals surface area contributed by atoms with Crippen LogP contribution in [-0.4, -0.2) is 47.0 Å².